The molecule has 0 aliphatic carbocycles. The maximum atomic E-state index is 12.6. The summed E-state index contributed by atoms with van der Waals surface area (Å²) in [5.74, 6) is -0.276. The highest BCUT2D eigenvalue weighted by atomic mass is 16.5. The zero-order valence-corrected chi connectivity index (χ0v) is 14.2. The Morgan fingerprint density at radius 3 is 2.58 bits per heavy atom. The highest BCUT2D eigenvalue weighted by Crippen LogP contribution is 2.22. The van der Waals surface area contributed by atoms with Gasteiger partial charge in [0.25, 0.3) is 0 Å². The van der Waals surface area contributed by atoms with E-state index in [9.17, 15) is 14.4 Å². The molecule has 130 valence electrons. The van der Waals surface area contributed by atoms with Crippen LogP contribution in [0, 0.1) is 5.92 Å². The smallest absolute Gasteiger partial charge is 0.227 e. The minimum atomic E-state index is -0.444. The molecule has 0 aromatic heterocycles. The molecule has 24 heavy (non-hydrogen) atoms. The first-order chi connectivity index (χ1) is 11.5. The summed E-state index contributed by atoms with van der Waals surface area (Å²) in [5.41, 5.74) is 0.796. The zero-order chi connectivity index (χ0) is 17.7. The van der Waals surface area contributed by atoms with E-state index in [1.54, 1.807) is 25.1 Å². The van der Waals surface area contributed by atoms with E-state index < -0.39 is 5.92 Å². The third-order valence-electron chi connectivity index (χ3n) is 4.18. The fraction of sp³-hybridized carbons (Fsp3) is 0.471. The Morgan fingerprint density at radius 2 is 1.96 bits per heavy atom. The van der Waals surface area contributed by atoms with Crippen LogP contribution in [0.15, 0.2) is 24.3 Å². The van der Waals surface area contributed by atoms with Crippen molar-refractivity contribution in [2.75, 3.05) is 27.2 Å². The molecule has 0 radical (unpaired) electrons. The zero-order valence-electron chi connectivity index (χ0n) is 14.2. The SMILES string of the molecule is CNC(=O)[C@H]1CN(C(=O)Cc2ccccc2OC)C[C@@H]1NC(C)=O. The summed E-state index contributed by atoms with van der Waals surface area (Å²) in [6, 6.07) is 6.97. The molecular weight excluding hydrogens is 310 g/mol. The molecule has 7 nitrogen and oxygen atoms in total. The highest BCUT2D eigenvalue weighted by Gasteiger charge is 2.39. The van der Waals surface area contributed by atoms with Crippen molar-refractivity contribution >= 4 is 17.7 Å². The van der Waals surface area contributed by atoms with Crippen LogP contribution in [0.2, 0.25) is 0 Å². The topological polar surface area (TPSA) is 87.7 Å². The van der Waals surface area contributed by atoms with Gasteiger partial charge in [0, 0.05) is 32.6 Å². The molecule has 1 aliphatic rings. The highest BCUT2D eigenvalue weighted by molar-refractivity contribution is 5.85. The second-order valence-electron chi connectivity index (χ2n) is 5.82. The van der Waals surface area contributed by atoms with E-state index in [1.807, 2.05) is 18.2 Å². The van der Waals surface area contributed by atoms with E-state index in [0.717, 1.165) is 5.56 Å². The Hall–Kier alpha value is -2.57. The lowest BCUT2D eigenvalue weighted by Crippen LogP contribution is -2.44. The minimum absolute atomic E-state index is 0.0961. The van der Waals surface area contributed by atoms with Crippen molar-refractivity contribution in [3.05, 3.63) is 29.8 Å². The Bertz CT molecular complexity index is 632. The summed E-state index contributed by atoms with van der Waals surface area (Å²) in [4.78, 5) is 37.6. The van der Waals surface area contributed by atoms with E-state index >= 15 is 0 Å². The summed E-state index contributed by atoms with van der Waals surface area (Å²) >= 11 is 0. The standard InChI is InChI=1S/C17H23N3O4/c1-11(21)19-14-10-20(9-13(14)17(23)18-2)16(22)8-12-6-4-5-7-15(12)24-3/h4-7,13-14H,8-10H2,1-3H3,(H,18,23)(H,19,21)/t13-,14-/m0/s1. The number of hydrogen-bond acceptors (Lipinski definition) is 4. The van der Waals surface area contributed by atoms with Crippen LogP contribution in [0.25, 0.3) is 0 Å². The van der Waals surface area contributed by atoms with Crippen LogP contribution in [0.3, 0.4) is 0 Å². The van der Waals surface area contributed by atoms with Crippen molar-refractivity contribution in [2.45, 2.75) is 19.4 Å². The Balaban J connectivity index is 2.09. The molecule has 1 aromatic carbocycles. The summed E-state index contributed by atoms with van der Waals surface area (Å²) in [5, 5.41) is 5.35. The number of carbonyl (C=O) groups is 3. The summed E-state index contributed by atoms with van der Waals surface area (Å²) in [6.45, 7) is 2.02. The van der Waals surface area contributed by atoms with Crippen LogP contribution < -0.4 is 15.4 Å². The van der Waals surface area contributed by atoms with Crippen molar-refractivity contribution in [1.82, 2.24) is 15.5 Å². The third-order valence-corrected chi connectivity index (χ3v) is 4.18. The molecule has 2 rings (SSSR count). The van der Waals surface area contributed by atoms with Crippen LogP contribution in [0.4, 0.5) is 0 Å². The fourth-order valence-corrected chi connectivity index (χ4v) is 2.99. The quantitative estimate of drug-likeness (QED) is 0.791. The number of amides is 3. The van der Waals surface area contributed by atoms with Crippen molar-refractivity contribution in [3.63, 3.8) is 0 Å². The first-order valence-corrected chi connectivity index (χ1v) is 7.84. The van der Waals surface area contributed by atoms with Gasteiger partial charge in [-0.25, -0.2) is 0 Å². The van der Waals surface area contributed by atoms with Gasteiger partial charge in [-0.2, -0.15) is 0 Å². The molecule has 7 heteroatoms. The predicted octanol–water partition coefficient (Wildman–Crippen LogP) is -0.0532. The second-order valence-corrected chi connectivity index (χ2v) is 5.82. The molecule has 0 unspecified atom stereocenters. The van der Waals surface area contributed by atoms with Crippen LogP contribution >= 0.6 is 0 Å². The first kappa shape index (κ1) is 17.8. The number of benzene rings is 1. The van der Waals surface area contributed by atoms with Gasteiger partial charge in [-0.3, -0.25) is 14.4 Å². The van der Waals surface area contributed by atoms with Gasteiger partial charge in [0.15, 0.2) is 0 Å². The normalized spacial score (nSPS) is 19.7. The molecule has 2 atom stereocenters. The average molecular weight is 333 g/mol. The number of likely N-dealkylation sites (tertiary alicyclic amines) is 1. The molecule has 1 aliphatic heterocycles. The number of nitrogens with zero attached hydrogens (tertiary/aromatic N) is 1. The molecule has 3 amide bonds. The fourth-order valence-electron chi connectivity index (χ4n) is 2.99. The number of hydrogen-bond donors (Lipinski definition) is 2. The van der Waals surface area contributed by atoms with Crippen LogP contribution in [0.1, 0.15) is 12.5 Å². The van der Waals surface area contributed by atoms with Gasteiger partial charge in [0.2, 0.25) is 17.7 Å². The average Bonchev–Trinajstić information content (AvgIpc) is 2.97. The Labute approximate surface area is 141 Å². The number of ether oxygens (including phenoxy) is 1. The molecule has 1 aromatic rings. The van der Waals surface area contributed by atoms with Gasteiger partial charge in [-0.1, -0.05) is 18.2 Å². The number of para-hydroxylation sites is 1. The number of rotatable bonds is 5. The maximum absolute atomic E-state index is 12.6. The van der Waals surface area contributed by atoms with Gasteiger partial charge in [-0.15, -0.1) is 0 Å². The van der Waals surface area contributed by atoms with Crippen molar-refractivity contribution in [3.8, 4) is 5.75 Å². The lowest BCUT2D eigenvalue weighted by atomic mass is 10.0. The van der Waals surface area contributed by atoms with Crippen molar-refractivity contribution in [1.29, 1.82) is 0 Å². The van der Waals surface area contributed by atoms with Crippen LogP contribution in [-0.2, 0) is 20.8 Å². The largest absolute Gasteiger partial charge is 0.496 e. The van der Waals surface area contributed by atoms with Gasteiger partial charge in [0.05, 0.1) is 25.5 Å². The van der Waals surface area contributed by atoms with E-state index in [1.165, 1.54) is 6.92 Å². The lowest BCUT2D eigenvalue weighted by molar-refractivity contribution is -0.130. The molecule has 1 fully saturated rings. The van der Waals surface area contributed by atoms with Gasteiger partial charge in [0.1, 0.15) is 5.75 Å². The Kier molecular flexibility index (Phi) is 5.78. The minimum Gasteiger partial charge on any atom is -0.496 e. The number of carbonyl (C=O) groups excluding carboxylic acids is 3. The number of methoxy groups -OCH3 is 1. The van der Waals surface area contributed by atoms with Crippen molar-refractivity contribution in [2.24, 2.45) is 5.92 Å². The summed E-state index contributed by atoms with van der Waals surface area (Å²) in [7, 11) is 3.11. The summed E-state index contributed by atoms with van der Waals surface area (Å²) in [6.07, 6.45) is 0.192. The Morgan fingerprint density at radius 1 is 1.25 bits per heavy atom. The lowest BCUT2D eigenvalue weighted by Gasteiger charge is -2.17. The van der Waals surface area contributed by atoms with Crippen LogP contribution in [-0.4, -0.2) is 55.9 Å². The predicted molar refractivity (Wildman–Crippen MR) is 88.4 cm³/mol. The molecule has 0 spiro atoms. The van der Waals surface area contributed by atoms with Crippen LogP contribution in [0.5, 0.6) is 5.75 Å². The summed E-state index contributed by atoms with van der Waals surface area (Å²) < 4.78 is 5.27. The van der Waals surface area contributed by atoms with E-state index in [2.05, 4.69) is 10.6 Å². The van der Waals surface area contributed by atoms with E-state index in [4.69, 9.17) is 4.74 Å². The molecule has 1 heterocycles. The maximum Gasteiger partial charge on any atom is 0.227 e. The van der Waals surface area contributed by atoms with Gasteiger partial charge < -0.3 is 20.3 Å². The van der Waals surface area contributed by atoms with Gasteiger partial charge >= 0.3 is 0 Å². The molecule has 0 bridgehead atoms. The first-order valence-electron chi connectivity index (χ1n) is 7.84. The third kappa shape index (κ3) is 4.04. The molecular formula is C17H23N3O4. The van der Waals surface area contributed by atoms with E-state index in [-0.39, 0.29) is 30.2 Å². The molecule has 1 saturated heterocycles. The molecule has 2 N–H and O–H groups in total. The van der Waals surface area contributed by atoms with Gasteiger partial charge in [-0.05, 0) is 6.07 Å². The number of nitrogens with one attached hydrogen (secondary N) is 2. The molecule has 0 saturated carbocycles. The second kappa shape index (κ2) is 7.81. The van der Waals surface area contributed by atoms with E-state index in [0.29, 0.717) is 18.8 Å². The monoisotopic (exact) mass is 333 g/mol. The van der Waals surface area contributed by atoms with Crippen molar-refractivity contribution < 1.29 is 19.1 Å².